The van der Waals surface area contributed by atoms with E-state index in [0.29, 0.717) is 6.42 Å². The van der Waals surface area contributed by atoms with Crippen LogP contribution in [0.4, 0.5) is 0 Å². The summed E-state index contributed by atoms with van der Waals surface area (Å²) in [6.07, 6.45) is 10.8. The van der Waals surface area contributed by atoms with Crippen molar-refractivity contribution in [3.05, 3.63) is 59.2 Å². The van der Waals surface area contributed by atoms with Crippen LogP contribution in [-0.4, -0.2) is 27.3 Å². The molecule has 1 aliphatic carbocycles. The maximum atomic E-state index is 12.8. The number of benzene rings is 1. The van der Waals surface area contributed by atoms with E-state index in [-0.39, 0.29) is 11.9 Å². The van der Waals surface area contributed by atoms with Crippen LogP contribution in [0.25, 0.3) is 0 Å². The molecule has 0 unspecified atom stereocenters. The second-order valence-electron chi connectivity index (χ2n) is 6.87. The summed E-state index contributed by atoms with van der Waals surface area (Å²) in [5.74, 6) is 0.215. The van der Waals surface area contributed by atoms with Gasteiger partial charge in [0.1, 0.15) is 6.33 Å². The Hall–Kier alpha value is -2.23. The van der Waals surface area contributed by atoms with E-state index in [9.17, 15) is 4.79 Å². The molecule has 1 aliphatic heterocycles. The highest BCUT2D eigenvalue weighted by Crippen LogP contribution is 2.31. The van der Waals surface area contributed by atoms with Crippen LogP contribution in [0.2, 0.25) is 0 Å². The van der Waals surface area contributed by atoms with Crippen LogP contribution in [-0.2, 0) is 24.1 Å². The standard InChI is InChI=1S/C20H23N3O/c24-20(13-15-7-8-16-4-1-2-5-17(16)12-15)23-11-3-6-19(23)18-9-10-21-14-22-18/h7-10,12,14,19H,1-6,11,13H2/t19-/m0/s1. The van der Waals surface area contributed by atoms with Crippen molar-refractivity contribution in [2.24, 2.45) is 0 Å². The first-order valence-corrected chi connectivity index (χ1v) is 8.97. The molecule has 4 heteroatoms. The Morgan fingerprint density at radius 2 is 2.00 bits per heavy atom. The summed E-state index contributed by atoms with van der Waals surface area (Å²) in [4.78, 5) is 23.2. The van der Waals surface area contributed by atoms with Gasteiger partial charge in [-0.2, -0.15) is 0 Å². The lowest BCUT2D eigenvalue weighted by Gasteiger charge is -2.24. The highest BCUT2D eigenvalue weighted by Gasteiger charge is 2.30. The lowest BCUT2D eigenvalue weighted by atomic mass is 9.90. The number of hydrogen-bond acceptors (Lipinski definition) is 3. The average Bonchev–Trinajstić information content (AvgIpc) is 3.12. The fourth-order valence-corrected chi connectivity index (χ4v) is 4.04. The number of fused-ring (bicyclic) bond motifs is 1. The Kier molecular flexibility index (Phi) is 4.28. The zero-order chi connectivity index (χ0) is 16.4. The topological polar surface area (TPSA) is 46.1 Å². The van der Waals surface area contributed by atoms with Crippen LogP contribution < -0.4 is 0 Å². The van der Waals surface area contributed by atoms with Gasteiger partial charge in [-0.05, 0) is 61.3 Å². The second-order valence-corrected chi connectivity index (χ2v) is 6.87. The fourth-order valence-electron chi connectivity index (χ4n) is 4.04. The van der Waals surface area contributed by atoms with Gasteiger partial charge in [0.05, 0.1) is 18.2 Å². The molecule has 1 atom stereocenters. The summed E-state index contributed by atoms with van der Waals surface area (Å²) in [5.41, 5.74) is 5.02. The number of likely N-dealkylation sites (tertiary alicyclic amines) is 1. The van der Waals surface area contributed by atoms with Gasteiger partial charge < -0.3 is 4.90 Å². The lowest BCUT2D eigenvalue weighted by Crippen LogP contribution is -2.32. The van der Waals surface area contributed by atoms with Crippen LogP contribution in [0, 0.1) is 0 Å². The van der Waals surface area contributed by atoms with Crippen molar-refractivity contribution in [1.82, 2.24) is 14.9 Å². The van der Waals surface area contributed by atoms with Gasteiger partial charge in [0.15, 0.2) is 0 Å². The largest absolute Gasteiger partial charge is 0.334 e. The van der Waals surface area contributed by atoms with Crippen molar-refractivity contribution in [3.63, 3.8) is 0 Å². The molecular weight excluding hydrogens is 298 g/mol. The summed E-state index contributed by atoms with van der Waals surface area (Å²) >= 11 is 0. The van der Waals surface area contributed by atoms with Gasteiger partial charge in [-0.15, -0.1) is 0 Å². The predicted molar refractivity (Wildman–Crippen MR) is 92.5 cm³/mol. The molecule has 124 valence electrons. The highest BCUT2D eigenvalue weighted by atomic mass is 16.2. The van der Waals surface area contributed by atoms with E-state index >= 15 is 0 Å². The fraction of sp³-hybridized carbons (Fsp3) is 0.450. The van der Waals surface area contributed by atoms with Crippen molar-refractivity contribution in [3.8, 4) is 0 Å². The Labute approximate surface area is 142 Å². The molecule has 24 heavy (non-hydrogen) atoms. The first kappa shape index (κ1) is 15.3. The highest BCUT2D eigenvalue weighted by molar-refractivity contribution is 5.79. The normalized spacial score (nSPS) is 20.0. The van der Waals surface area contributed by atoms with Crippen molar-refractivity contribution < 1.29 is 4.79 Å². The van der Waals surface area contributed by atoms with Crippen LogP contribution in [0.15, 0.2) is 36.8 Å². The molecule has 0 bridgehead atoms. The number of rotatable bonds is 3. The Morgan fingerprint density at radius 1 is 1.12 bits per heavy atom. The van der Waals surface area contributed by atoms with Crippen LogP contribution in [0.5, 0.6) is 0 Å². The minimum Gasteiger partial charge on any atom is -0.334 e. The van der Waals surface area contributed by atoms with Crippen LogP contribution in [0.1, 0.15) is 54.1 Å². The average molecular weight is 321 g/mol. The number of aromatic nitrogens is 2. The number of nitrogens with zero attached hydrogens (tertiary/aromatic N) is 3. The van der Waals surface area contributed by atoms with Crippen molar-refractivity contribution in [2.45, 2.75) is 51.0 Å². The molecule has 0 N–H and O–H groups in total. The van der Waals surface area contributed by atoms with Crippen LogP contribution in [0.3, 0.4) is 0 Å². The molecule has 4 rings (SSSR count). The molecule has 1 saturated heterocycles. The number of hydrogen-bond donors (Lipinski definition) is 0. The SMILES string of the molecule is O=C(Cc1ccc2c(c1)CCCC2)N1CCC[C@H]1c1ccncn1. The zero-order valence-electron chi connectivity index (χ0n) is 13.9. The van der Waals surface area contributed by atoms with Gasteiger partial charge in [-0.25, -0.2) is 9.97 Å². The molecule has 1 aromatic carbocycles. The van der Waals surface area contributed by atoms with E-state index in [4.69, 9.17) is 0 Å². The number of amides is 1. The molecule has 0 radical (unpaired) electrons. The summed E-state index contributed by atoms with van der Waals surface area (Å²) in [7, 11) is 0. The summed E-state index contributed by atoms with van der Waals surface area (Å²) in [5, 5.41) is 0. The zero-order valence-corrected chi connectivity index (χ0v) is 13.9. The van der Waals surface area contributed by atoms with E-state index in [1.54, 1.807) is 12.5 Å². The molecule has 1 aromatic heterocycles. The quantitative estimate of drug-likeness (QED) is 0.871. The lowest BCUT2D eigenvalue weighted by molar-refractivity contribution is -0.131. The monoisotopic (exact) mass is 321 g/mol. The van der Waals surface area contributed by atoms with Gasteiger partial charge >= 0.3 is 0 Å². The summed E-state index contributed by atoms with van der Waals surface area (Å²) in [6.45, 7) is 0.832. The molecule has 2 aliphatic rings. The van der Waals surface area contributed by atoms with Gasteiger partial charge in [0.2, 0.25) is 5.91 Å². The van der Waals surface area contributed by atoms with E-state index in [2.05, 4.69) is 28.2 Å². The first-order valence-electron chi connectivity index (χ1n) is 8.97. The van der Waals surface area contributed by atoms with Crippen molar-refractivity contribution in [1.29, 1.82) is 0 Å². The predicted octanol–water partition coefficient (Wildman–Crippen LogP) is 3.26. The first-order chi connectivity index (χ1) is 11.8. The van der Waals surface area contributed by atoms with Gasteiger partial charge in [0, 0.05) is 12.7 Å². The molecule has 0 spiro atoms. The Morgan fingerprint density at radius 3 is 2.83 bits per heavy atom. The number of carbonyl (C=O) groups excluding carboxylic acids is 1. The van der Waals surface area contributed by atoms with Gasteiger partial charge in [0.25, 0.3) is 0 Å². The third-order valence-corrected chi connectivity index (χ3v) is 5.29. The smallest absolute Gasteiger partial charge is 0.227 e. The minimum atomic E-state index is 0.109. The van der Waals surface area contributed by atoms with E-state index in [1.807, 2.05) is 11.0 Å². The van der Waals surface area contributed by atoms with E-state index < -0.39 is 0 Å². The number of carbonyl (C=O) groups is 1. The van der Waals surface area contributed by atoms with Crippen molar-refractivity contribution >= 4 is 5.91 Å². The van der Waals surface area contributed by atoms with Gasteiger partial charge in [-0.3, -0.25) is 4.79 Å². The number of aryl methyl sites for hydroxylation is 2. The van der Waals surface area contributed by atoms with E-state index in [0.717, 1.165) is 37.1 Å². The van der Waals surface area contributed by atoms with E-state index in [1.165, 1.54) is 30.4 Å². The molecule has 4 nitrogen and oxygen atoms in total. The molecule has 0 saturated carbocycles. The summed E-state index contributed by atoms with van der Waals surface area (Å²) in [6, 6.07) is 8.65. The summed E-state index contributed by atoms with van der Waals surface area (Å²) < 4.78 is 0. The molecule has 2 heterocycles. The molecule has 1 fully saturated rings. The van der Waals surface area contributed by atoms with Crippen molar-refractivity contribution in [2.75, 3.05) is 6.54 Å². The van der Waals surface area contributed by atoms with Gasteiger partial charge in [-0.1, -0.05) is 18.2 Å². The maximum Gasteiger partial charge on any atom is 0.227 e. The minimum absolute atomic E-state index is 0.109. The maximum absolute atomic E-state index is 12.8. The molecule has 2 aromatic rings. The van der Waals surface area contributed by atoms with Crippen LogP contribution >= 0.6 is 0 Å². The molecular formula is C20H23N3O. The third-order valence-electron chi connectivity index (χ3n) is 5.29. The Bertz CT molecular complexity index is 729. The third kappa shape index (κ3) is 3.05. The molecule has 1 amide bonds. The Balaban J connectivity index is 1.49. The second kappa shape index (κ2) is 6.71.